The van der Waals surface area contributed by atoms with Crippen molar-refractivity contribution in [1.29, 1.82) is 0 Å². The van der Waals surface area contributed by atoms with Crippen molar-refractivity contribution in [1.82, 2.24) is 4.98 Å². The van der Waals surface area contributed by atoms with E-state index < -0.39 is 0 Å². The van der Waals surface area contributed by atoms with Crippen LogP contribution in [0.15, 0.2) is 42.6 Å². The lowest BCUT2D eigenvalue weighted by Gasteiger charge is -2.01. The highest BCUT2D eigenvalue weighted by molar-refractivity contribution is 5.99. The average Bonchev–Trinajstić information content (AvgIpc) is 2.18. The van der Waals surface area contributed by atoms with E-state index in [1.165, 1.54) is 6.08 Å². The number of nitrogens with one attached hydrogen (secondary N) is 1. The maximum absolute atomic E-state index is 11.3. The van der Waals surface area contributed by atoms with Crippen LogP contribution in [0.25, 0.3) is 0 Å². The number of pyridine rings is 1. The molecule has 1 aromatic heterocycles. The number of hydrogen-bond acceptors (Lipinski definition) is 2. The van der Waals surface area contributed by atoms with Crippen LogP contribution in [-0.4, -0.2) is 10.9 Å². The first kappa shape index (κ1) is 11.2. The summed E-state index contributed by atoms with van der Waals surface area (Å²) in [6, 6.07) is 3.58. The van der Waals surface area contributed by atoms with Gasteiger partial charge in [0, 0.05) is 23.7 Å². The van der Waals surface area contributed by atoms with Crippen molar-refractivity contribution in [2.45, 2.75) is 13.8 Å². The van der Waals surface area contributed by atoms with Gasteiger partial charge in [0.1, 0.15) is 0 Å². The van der Waals surface area contributed by atoms with Gasteiger partial charge in [-0.2, -0.15) is 0 Å². The van der Waals surface area contributed by atoms with Gasteiger partial charge in [-0.15, -0.1) is 0 Å². The molecule has 1 N–H and O–H groups in total. The molecular weight excluding hydrogens is 188 g/mol. The molecular formula is C12H14N2O. The van der Waals surface area contributed by atoms with Crippen molar-refractivity contribution in [2.24, 2.45) is 0 Å². The molecule has 1 rings (SSSR count). The first-order valence-corrected chi connectivity index (χ1v) is 4.75. The minimum atomic E-state index is -0.140. The maximum Gasteiger partial charge on any atom is 0.248 e. The highest BCUT2D eigenvalue weighted by atomic mass is 16.1. The summed E-state index contributed by atoms with van der Waals surface area (Å²) in [5.74, 6) is -0.140. The number of hydrogen-bond donors (Lipinski definition) is 1. The molecule has 78 valence electrons. The normalized spacial score (nSPS) is 11.1. The van der Waals surface area contributed by atoms with E-state index in [1.54, 1.807) is 24.4 Å². The van der Waals surface area contributed by atoms with Gasteiger partial charge < -0.3 is 5.32 Å². The molecule has 0 spiro atoms. The van der Waals surface area contributed by atoms with Gasteiger partial charge in [-0.3, -0.25) is 9.78 Å². The molecule has 1 aromatic rings. The van der Waals surface area contributed by atoms with E-state index in [2.05, 4.69) is 10.3 Å². The lowest BCUT2D eigenvalue weighted by Crippen LogP contribution is -2.07. The fourth-order valence-corrected chi connectivity index (χ4v) is 1.06. The Balaban J connectivity index is 2.59. The summed E-state index contributed by atoms with van der Waals surface area (Å²) in [6.45, 7) is 3.78. The van der Waals surface area contributed by atoms with Gasteiger partial charge in [0.15, 0.2) is 0 Å². The molecule has 3 nitrogen and oxygen atoms in total. The van der Waals surface area contributed by atoms with Crippen molar-refractivity contribution in [3.8, 4) is 0 Å². The van der Waals surface area contributed by atoms with Gasteiger partial charge >= 0.3 is 0 Å². The molecule has 0 radical (unpaired) electrons. The quantitative estimate of drug-likeness (QED) is 0.604. The van der Waals surface area contributed by atoms with Crippen LogP contribution in [0.1, 0.15) is 12.6 Å². The Morgan fingerprint density at radius 3 is 2.93 bits per heavy atom. The van der Waals surface area contributed by atoms with Crippen LogP contribution in [0.2, 0.25) is 0 Å². The molecule has 0 bridgehead atoms. The molecule has 0 aromatic carbocycles. The third kappa shape index (κ3) is 4.22. The summed E-state index contributed by atoms with van der Waals surface area (Å²) < 4.78 is 0. The molecule has 3 heteroatoms. The van der Waals surface area contributed by atoms with Crippen LogP contribution >= 0.6 is 0 Å². The average molecular weight is 202 g/mol. The molecule has 0 fully saturated rings. The number of rotatable bonds is 3. The smallest absolute Gasteiger partial charge is 0.248 e. The largest absolute Gasteiger partial charge is 0.322 e. The highest BCUT2D eigenvalue weighted by Crippen LogP contribution is 2.06. The summed E-state index contributed by atoms with van der Waals surface area (Å²) in [6.07, 6.45) is 8.51. The third-order valence-electron chi connectivity index (χ3n) is 1.72. The number of carbonyl (C=O) groups is 1. The Hall–Kier alpha value is -1.90. The molecule has 0 aliphatic rings. The van der Waals surface area contributed by atoms with Gasteiger partial charge in [-0.1, -0.05) is 18.2 Å². The lowest BCUT2D eigenvalue weighted by atomic mass is 10.3. The van der Waals surface area contributed by atoms with Crippen molar-refractivity contribution >= 4 is 11.6 Å². The van der Waals surface area contributed by atoms with Gasteiger partial charge in [-0.05, 0) is 26.0 Å². The number of aryl methyl sites for hydroxylation is 1. The number of nitrogens with zero attached hydrogens (tertiary/aromatic N) is 1. The fraction of sp³-hybridized carbons (Fsp3) is 0.167. The summed E-state index contributed by atoms with van der Waals surface area (Å²) in [5.41, 5.74) is 1.64. The van der Waals surface area contributed by atoms with E-state index in [-0.39, 0.29) is 5.91 Å². The monoisotopic (exact) mass is 202 g/mol. The van der Waals surface area contributed by atoms with Gasteiger partial charge in [0.25, 0.3) is 0 Å². The second-order valence-corrected chi connectivity index (χ2v) is 3.06. The van der Waals surface area contributed by atoms with Crippen LogP contribution in [0.4, 0.5) is 5.69 Å². The van der Waals surface area contributed by atoms with Crippen LogP contribution in [0.5, 0.6) is 0 Å². The first-order valence-electron chi connectivity index (χ1n) is 4.75. The molecule has 0 saturated carbocycles. The lowest BCUT2D eigenvalue weighted by molar-refractivity contribution is -0.111. The molecule has 0 aliphatic carbocycles. The van der Waals surface area contributed by atoms with E-state index in [0.717, 1.165) is 11.4 Å². The molecule has 0 atom stereocenters. The van der Waals surface area contributed by atoms with Crippen LogP contribution < -0.4 is 5.32 Å². The van der Waals surface area contributed by atoms with E-state index in [0.29, 0.717) is 0 Å². The number of allylic oxidation sites excluding steroid dienone is 3. The molecule has 15 heavy (non-hydrogen) atoms. The Bertz CT molecular complexity index is 394. The summed E-state index contributed by atoms with van der Waals surface area (Å²) in [7, 11) is 0. The first-order chi connectivity index (χ1) is 7.22. The van der Waals surface area contributed by atoms with E-state index in [4.69, 9.17) is 0 Å². The zero-order valence-electron chi connectivity index (χ0n) is 8.90. The summed E-state index contributed by atoms with van der Waals surface area (Å²) >= 11 is 0. The van der Waals surface area contributed by atoms with Gasteiger partial charge in [0.05, 0.1) is 0 Å². The second-order valence-electron chi connectivity index (χ2n) is 3.06. The number of anilines is 1. The SMILES string of the molecule is CC=CC=CC(=O)Nc1ccnc(C)c1. The fourth-order valence-electron chi connectivity index (χ4n) is 1.06. The Kier molecular flexibility index (Phi) is 4.29. The number of carbonyl (C=O) groups excluding carboxylic acids is 1. The van der Waals surface area contributed by atoms with Gasteiger partial charge in [-0.25, -0.2) is 0 Å². The molecule has 1 heterocycles. The van der Waals surface area contributed by atoms with Crippen molar-refractivity contribution < 1.29 is 4.79 Å². The Morgan fingerprint density at radius 1 is 1.47 bits per heavy atom. The molecule has 0 unspecified atom stereocenters. The highest BCUT2D eigenvalue weighted by Gasteiger charge is 1.96. The number of amides is 1. The molecule has 1 amide bonds. The Labute approximate surface area is 89.5 Å². The number of aromatic nitrogens is 1. The topological polar surface area (TPSA) is 42.0 Å². The van der Waals surface area contributed by atoms with Crippen molar-refractivity contribution in [3.05, 3.63) is 48.3 Å². The minimum Gasteiger partial charge on any atom is -0.322 e. The van der Waals surface area contributed by atoms with Crippen LogP contribution in [0.3, 0.4) is 0 Å². The van der Waals surface area contributed by atoms with E-state index in [9.17, 15) is 4.79 Å². The predicted molar refractivity (Wildman–Crippen MR) is 61.6 cm³/mol. The van der Waals surface area contributed by atoms with Gasteiger partial charge in [0.2, 0.25) is 5.91 Å². The maximum atomic E-state index is 11.3. The van der Waals surface area contributed by atoms with Crippen molar-refractivity contribution in [2.75, 3.05) is 5.32 Å². The van der Waals surface area contributed by atoms with E-state index in [1.807, 2.05) is 26.0 Å². The van der Waals surface area contributed by atoms with E-state index >= 15 is 0 Å². The van der Waals surface area contributed by atoms with Crippen LogP contribution in [0, 0.1) is 6.92 Å². The minimum absolute atomic E-state index is 0.140. The zero-order chi connectivity index (χ0) is 11.1. The standard InChI is InChI=1S/C12H14N2O/c1-3-4-5-6-12(15)14-11-7-8-13-10(2)9-11/h3-9H,1-2H3,(H,13,14,15). The second kappa shape index (κ2) is 5.75. The molecule has 0 aliphatic heterocycles. The third-order valence-corrected chi connectivity index (χ3v) is 1.72. The summed E-state index contributed by atoms with van der Waals surface area (Å²) in [5, 5.41) is 2.74. The van der Waals surface area contributed by atoms with Crippen LogP contribution in [-0.2, 0) is 4.79 Å². The summed E-state index contributed by atoms with van der Waals surface area (Å²) in [4.78, 5) is 15.4. The Morgan fingerprint density at radius 2 is 2.27 bits per heavy atom. The molecule has 0 saturated heterocycles. The predicted octanol–water partition coefficient (Wildman–Crippen LogP) is 2.46. The van der Waals surface area contributed by atoms with Crippen molar-refractivity contribution in [3.63, 3.8) is 0 Å². The zero-order valence-corrected chi connectivity index (χ0v) is 8.90.